The van der Waals surface area contributed by atoms with Crippen LogP contribution < -0.4 is 0 Å². The zero-order valence-corrected chi connectivity index (χ0v) is 10.7. The first-order valence-corrected chi connectivity index (χ1v) is 6.26. The van der Waals surface area contributed by atoms with Gasteiger partial charge in [0, 0.05) is 24.1 Å². The minimum Gasteiger partial charge on any atom is -0.394 e. The van der Waals surface area contributed by atoms with Crippen LogP contribution in [0.25, 0.3) is 0 Å². The molecule has 1 heterocycles. The van der Waals surface area contributed by atoms with E-state index < -0.39 is 0 Å². The molecule has 1 atom stereocenters. The Hall–Kier alpha value is -0.420. The second kappa shape index (κ2) is 5.77. The average Bonchev–Trinajstić information content (AvgIpc) is 2.29. The molecule has 1 aromatic rings. The molecule has 0 aromatic heterocycles. The summed E-state index contributed by atoms with van der Waals surface area (Å²) in [5.74, 6) is 0. The van der Waals surface area contributed by atoms with Crippen LogP contribution >= 0.6 is 15.9 Å². The predicted molar refractivity (Wildman–Crippen MR) is 66.2 cm³/mol. The van der Waals surface area contributed by atoms with E-state index in [1.54, 1.807) is 0 Å². The molecule has 1 aliphatic heterocycles. The van der Waals surface area contributed by atoms with Gasteiger partial charge in [-0.3, -0.25) is 4.90 Å². The molecule has 3 nitrogen and oxygen atoms in total. The summed E-state index contributed by atoms with van der Waals surface area (Å²) in [7, 11) is 0. The van der Waals surface area contributed by atoms with Gasteiger partial charge in [-0.1, -0.05) is 28.1 Å². The maximum atomic E-state index is 9.06. The Balaban J connectivity index is 1.94. The van der Waals surface area contributed by atoms with Crippen LogP contribution in [0.3, 0.4) is 0 Å². The van der Waals surface area contributed by atoms with Crippen molar-refractivity contribution in [3.8, 4) is 0 Å². The van der Waals surface area contributed by atoms with Crippen LogP contribution in [0.15, 0.2) is 28.7 Å². The van der Waals surface area contributed by atoms with Crippen molar-refractivity contribution in [1.82, 2.24) is 4.90 Å². The van der Waals surface area contributed by atoms with Gasteiger partial charge >= 0.3 is 0 Å². The van der Waals surface area contributed by atoms with E-state index in [-0.39, 0.29) is 12.7 Å². The summed E-state index contributed by atoms with van der Waals surface area (Å²) < 4.78 is 6.53. The Morgan fingerprint density at radius 1 is 1.50 bits per heavy atom. The van der Waals surface area contributed by atoms with Crippen LogP contribution in [0.2, 0.25) is 0 Å². The van der Waals surface area contributed by atoms with E-state index in [2.05, 4.69) is 33.0 Å². The van der Waals surface area contributed by atoms with E-state index in [1.165, 1.54) is 5.56 Å². The number of rotatable bonds is 3. The molecule has 0 spiro atoms. The minimum absolute atomic E-state index is 0.0269. The molecule has 0 saturated carbocycles. The lowest BCUT2D eigenvalue weighted by Gasteiger charge is -2.32. The monoisotopic (exact) mass is 285 g/mol. The summed E-state index contributed by atoms with van der Waals surface area (Å²) in [5, 5.41) is 9.06. The number of morpholine rings is 1. The van der Waals surface area contributed by atoms with Crippen LogP contribution in [0.5, 0.6) is 0 Å². The second-order valence-electron chi connectivity index (χ2n) is 4.04. The van der Waals surface area contributed by atoms with Gasteiger partial charge in [0.1, 0.15) is 0 Å². The lowest BCUT2D eigenvalue weighted by molar-refractivity contribution is -0.0551. The lowest BCUT2D eigenvalue weighted by Crippen LogP contribution is -2.43. The number of halogens is 1. The van der Waals surface area contributed by atoms with E-state index in [4.69, 9.17) is 9.84 Å². The molecule has 2 rings (SSSR count). The fourth-order valence-corrected chi connectivity index (χ4v) is 2.37. The first-order valence-electron chi connectivity index (χ1n) is 5.47. The molecule has 16 heavy (non-hydrogen) atoms. The first kappa shape index (κ1) is 12.0. The molecular weight excluding hydrogens is 270 g/mol. The van der Waals surface area contributed by atoms with Crippen LogP contribution in [0, 0.1) is 0 Å². The standard InChI is InChI=1S/C12H16BrNO2/c13-11-3-1-2-10(6-11)7-14-4-5-16-12(8-14)9-15/h1-3,6,12,15H,4-5,7-9H2. The van der Waals surface area contributed by atoms with Crippen molar-refractivity contribution >= 4 is 15.9 Å². The zero-order valence-electron chi connectivity index (χ0n) is 9.10. The molecule has 1 N–H and O–H groups in total. The fraction of sp³-hybridized carbons (Fsp3) is 0.500. The van der Waals surface area contributed by atoms with Gasteiger partial charge < -0.3 is 9.84 Å². The summed E-state index contributed by atoms with van der Waals surface area (Å²) in [6, 6.07) is 8.32. The van der Waals surface area contributed by atoms with Gasteiger partial charge in [0.15, 0.2) is 0 Å². The second-order valence-corrected chi connectivity index (χ2v) is 4.96. The van der Waals surface area contributed by atoms with Crippen molar-refractivity contribution in [2.45, 2.75) is 12.6 Å². The highest BCUT2D eigenvalue weighted by molar-refractivity contribution is 9.10. The molecule has 4 heteroatoms. The zero-order chi connectivity index (χ0) is 11.4. The summed E-state index contributed by atoms with van der Waals surface area (Å²) >= 11 is 3.47. The molecule has 1 aromatic carbocycles. The Morgan fingerprint density at radius 3 is 3.12 bits per heavy atom. The van der Waals surface area contributed by atoms with Gasteiger partial charge in [-0.25, -0.2) is 0 Å². The van der Waals surface area contributed by atoms with Crippen molar-refractivity contribution in [3.05, 3.63) is 34.3 Å². The Labute approximate surface area is 104 Å². The highest BCUT2D eigenvalue weighted by Crippen LogP contribution is 2.15. The summed E-state index contributed by atoms with van der Waals surface area (Å²) in [6.45, 7) is 3.47. The van der Waals surface area contributed by atoms with Gasteiger partial charge in [0.25, 0.3) is 0 Å². The summed E-state index contributed by atoms with van der Waals surface area (Å²) in [6.07, 6.45) is -0.0269. The van der Waals surface area contributed by atoms with Gasteiger partial charge in [-0.15, -0.1) is 0 Å². The van der Waals surface area contributed by atoms with Crippen molar-refractivity contribution in [3.63, 3.8) is 0 Å². The maximum Gasteiger partial charge on any atom is 0.0933 e. The van der Waals surface area contributed by atoms with Crippen LogP contribution in [0.4, 0.5) is 0 Å². The molecular formula is C12H16BrNO2. The van der Waals surface area contributed by atoms with Crippen LogP contribution in [0.1, 0.15) is 5.56 Å². The molecule has 0 bridgehead atoms. The van der Waals surface area contributed by atoms with Crippen molar-refractivity contribution in [1.29, 1.82) is 0 Å². The Bertz CT molecular complexity index is 346. The number of benzene rings is 1. The maximum absolute atomic E-state index is 9.06. The third-order valence-electron chi connectivity index (χ3n) is 2.72. The molecule has 0 radical (unpaired) electrons. The molecule has 1 unspecified atom stereocenters. The fourth-order valence-electron chi connectivity index (χ4n) is 1.93. The number of aliphatic hydroxyl groups excluding tert-OH is 1. The molecule has 0 aliphatic carbocycles. The molecule has 88 valence electrons. The Morgan fingerprint density at radius 2 is 2.38 bits per heavy atom. The third-order valence-corrected chi connectivity index (χ3v) is 3.21. The van der Waals surface area contributed by atoms with E-state index in [0.29, 0.717) is 6.61 Å². The third kappa shape index (κ3) is 3.28. The normalized spacial score (nSPS) is 22.2. The topological polar surface area (TPSA) is 32.7 Å². The van der Waals surface area contributed by atoms with Gasteiger partial charge in [-0.2, -0.15) is 0 Å². The molecule has 0 amide bonds. The number of nitrogens with zero attached hydrogens (tertiary/aromatic N) is 1. The van der Waals surface area contributed by atoms with E-state index >= 15 is 0 Å². The minimum atomic E-state index is -0.0269. The van der Waals surface area contributed by atoms with Crippen molar-refractivity contribution in [2.24, 2.45) is 0 Å². The quantitative estimate of drug-likeness (QED) is 0.917. The number of hydrogen-bond donors (Lipinski definition) is 1. The van der Waals surface area contributed by atoms with Crippen molar-refractivity contribution in [2.75, 3.05) is 26.3 Å². The van der Waals surface area contributed by atoms with Crippen LogP contribution in [-0.4, -0.2) is 42.4 Å². The van der Waals surface area contributed by atoms with Gasteiger partial charge in [0.05, 0.1) is 19.3 Å². The van der Waals surface area contributed by atoms with E-state index in [0.717, 1.165) is 24.1 Å². The number of hydrogen-bond acceptors (Lipinski definition) is 3. The van der Waals surface area contributed by atoms with Crippen molar-refractivity contribution < 1.29 is 9.84 Å². The smallest absolute Gasteiger partial charge is 0.0933 e. The molecule has 1 saturated heterocycles. The Kier molecular flexibility index (Phi) is 4.35. The van der Waals surface area contributed by atoms with Gasteiger partial charge in [0.2, 0.25) is 0 Å². The van der Waals surface area contributed by atoms with E-state index in [1.807, 2.05) is 12.1 Å². The average molecular weight is 286 g/mol. The summed E-state index contributed by atoms with van der Waals surface area (Å²) in [5.41, 5.74) is 1.29. The predicted octanol–water partition coefficient (Wildman–Crippen LogP) is 1.64. The van der Waals surface area contributed by atoms with Crippen LogP contribution in [-0.2, 0) is 11.3 Å². The summed E-state index contributed by atoms with van der Waals surface area (Å²) in [4.78, 5) is 2.31. The molecule has 1 aliphatic rings. The van der Waals surface area contributed by atoms with E-state index in [9.17, 15) is 0 Å². The van der Waals surface area contributed by atoms with Gasteiger partial charge in [-0.05, 0) is 17.7 Å². The highest BCUT2D eigenvalue weighted by Gasteiger charge is 2.19. The largest absolute Gasteiger partial charge is 0.394 e. The number of aliphatic hydroxyl groups is 1. The SMILES string of the molecule is OCC1CN(Cc2cccc(Br)c2)CCO1. The highest BCUT2D eigenvalue weighted by atomic mass is 79.9. The number of ether oxygens (including phenoxy) is 1. The lowest BCUT2D eigenvalue weighted by atomic mass is 10.2. The first-order chi connectivity index (χ1) is 7.78. The molecule has 1 fully saturated rings.